The number of aromatic nitrogens is 4. The second-order valence-corrected chi connectivity index (χ2v) is 5.37. The first-order valence-corrected chi connectivity index (χ1v) is 6.75. The number of rotatable bonds is 2. The number of H-pyrrole nitrogens is 2. The highest BCUT2D eigenvalue weighted by atomic mass is 14.9. The minimum Gasteiger partial charge on any atom is -0.348 e. The molecule has 2 aromatic heterocycles. The molecule has 96 valence electrons. The molecule has 0 unspecified atom stereocenters. The van der Waals surface area contributed by atoms with E-state index in [9.17, 15) is 0 Å². The summed E-state index contributed by atoms with van der Waals surface area (Å²) >= 11 is 0. The molecule has 4 nitrogen and oxygen atoms in total. The van der Waals surface area contributed by atoms with Crippen LogP contribution in [0, 0.1) is 13.8 Å². The second-order valence-electron chi connectivity index (χ2n) is 5.37. The third kappa shape index (κ3) is 2.47. The minimum atomic E-state index is 0.788. The first kappa shape index (κ1) is 11.5. The molecule has 2 N–H and O–H groups in total. The molecule has 0 saturated heterocycles. The van der Waals surface area contributed by atoms with E-state index in [1.807, 2.05) is 0 Å². The van der Waals surface area contributed by atoms with Gasteiger partial charge in [-0.2, -0.15) is 0 Å². The molecule has 0 spiro atoms. The number of nitrogens with one attached hydrogen (secondary N) is 2. The number of hydrogen-bond donors (Lipinski definition) is 2. The average molecular weight is 244 g/mol. The normalized spacial score (nSPS) is 18.3. The van der Waals surface area contributed by atoms with E-state index < -0.39 is 0 Å². The Morgan fingerprint density at radius 2 is 1.22 bits per heavy atom. The van der Waals surface area contributed by atoms with Gasteiger partial charge in [-0.05, 0) is 39.5 Å². The van der Waals surface area contributed by atoms with Gasteiger partial charge in [-0.3, -0.25) is 0 Å². The van der Waals surface area contributed by atoms with Gasteiger partial charge in [-0.25, -0.2) is 9.97 Å². The summed E-state index contributed by atoms with van der Waals surface area (Å²) < 4.78 is 0. The molecule has 2 aliphatic rings. The highest BCUT2D eigenvalue weighted by Gasteiger charge is 2.27. The third-order valence-corrected chi connectivity index (χ3v) is 3.67. The van der Waals surface area contributed by atoms with E-state index in [-0.39, 0.29) is 0 Å². The Balaban J connectivity index is 0.000000111. The lowest BCUT2D eigenvalue weighted by molar-refractivity contribution is 1.03. The van der Waals surface area contributed by atoms with Crippen LogP contribution in [0.1, 0.15) is 60.3 Å². The van der Waals surface area contributed by atoms with Crippen LogP contribution in [0.2, 0.25) is 0 Å². The van der Waals surface area contributed by atoms with Gasteiger partial charge in [0.2, 0.25) is 0 Å². The molecule has 2 fully saturated rings. The Morgan fingerprint density at radius 1 is 0.833 bits per heavy atom. The van der Waals surface area contributed by atoms with Crippen molar-refractivity contribution < 1.29 is 0 Å². The van der Waals surface area contributed by atoms with Crippen molar-refractivity contribution in [3.63, 3.8) is 0 Å². The van der Waals surface area contributed by atoms with E-state index in [0.29, 0.717) is 0 Å². The van der Waals surface area contributed by atoms with Gasteiger partial charge in [0.1, 0.15) is 0 Å². The van der Waals surface area contributed by atoms with E-state index in [0.717, 1.165) is 11.8 Å². The van der Waals surface area contributed by atoms with Gasteiger partial charge in [0, 0.05) is 23.2 Å². The molecular formula is C14H20N4. The number of imidazole rings is 2. The molecule has 2 aromatic rings. The molecule has 0 amide bonds. The first-order valence-electron chi connectivity index (χ1n) is 6.75. The number of nitrogens with zero attached hydrogens (tertiary/aromatic N) is 2. The predicted molar refractivity (Wildman–Crippen MR) is 70.6 cm³/mol. The van der Waals surface area contributed by atoms with Crippen molar-refractivity contribution in [3.8, 4) is 0 Å². The highest BCUT2D eigenvalue weighted by molar-refractivity contribution is 5.19. The van der Waals surface area contributed by atoms with Crippen LogP contribution in [-0.4, -0.2) is 19.9 Å². The summed E-state index contributed by atoms with van der Waals surface area (Å²) in [5.41, 5.74) is 5.07. The fourth-order valence-electron chi connectivity index (χ4n) is 2.28. The molecule has 4 rings (SSSR count). The Morgan fingerprint density at radius 3 is 1.44 bits per heavy atom. The third-order valence-electron chi connectivity index (χ3n) is 3.67. The lowest BCUT2D eigenvalue weighted by Crippen LogP contribution is -1.81. The van der Waals surface area contributed by atoms with Crippen LogP contribution in [-0.2, 0) is 0 Å². The number of aromatic amines is 2. The van der Waals surface area contributed by atoms with Gasteiger partial charge in [-0.1, -0.05) is 0 Å². The molecule has 0 aliphatic heterocycles. The van der Waals surface area contributed by atoms with Gasteiger partial charge in [0.15, 0.2) is 0 Å². The van der Waals surface area contributed by atoms with Crippen molar-refractivity contribution in [3.05, 3.63) is 35.4 Å². The molecule has 0 bridgehead atoms. The topological polar surface area (TPSA) is 57.4 Å². The van der Waals surface area contributed by atoms with Crippen molar-refractivity contribution in [2.24, 2.45) is 0 Å². The molecular weight excluding hydrogens is 224 g/mol. The summed E-state index contributed by atoms with van der Waals surface area (Å²) in [6.07, 6.45) is 8.92. The van der Waals surface area contributed by atoms with E-state index >= 15 is 0 Å². The van der Waals surface area contributed by atoms with E-state index in [2.05, 4.69) is 33.8 Å². The zero-order chi connectivity index (χ0) is 12.5. The molecule has 0 atom stereocenters. The molecule has 2 heterocycles. The van der Waals surface area contributed by atoms with Gasteiger partial charge in [0.25, 0.3) is 0 Å². The van der Waals surface area contributed by atoms with Gasteiger partial charge < -0.3 is 9.97 Å². The molecule has 0 aromatic carbocycles. The number of hydrogen-bond acceptors (Lipinski definition) is 2. The molecule has 4 heteroatoms. The summed E-state index contributed by atoms with van der Waals surface area (Å²) in [5.74, 6) is 1.58. The SMILES string of the molecule is Cc1[nH]cnc1C1CC1.Cc1[nH]cnc1C1CC1. The maximum absolute atomic E-state index is 4.22. The van der Waals surface area contributed by atoms with Crippen molar-refractivity contribution in [1.29, 1.82) is 0 Å². The zero-order valence-corrected chi connectivity index (χ0v) is 11.0. The maximum atomic E-state index is 4.22. The fraction of sp³-hybridized carbons (Fsp3) is 0.571. The monoisotopic (exact) mass is 244 g/mol. The molecule has 0 radical (unpaired) electrons. The van der Waals surface area contributed by atoms with Crippen LogP contribution in [0.5, 0.6) is 0 Å². The van der Waals surface area contributed by atoms with E-state index in [1.54, 1.807) is 12.7 Å². The van der Waals surface area contributed by atoms with Gasteiger partial charge in [0.05, 0.1) is 24.0 Å². The first-order chi connectivity index (χ1) is 8.75. The minimum absolute atomic E-state index is 0.788. The second kappa shape index (κ2) is 4.59. The average Bonchev–Trinajstić information content (AvgIpc) is 3.29. The Kier molecular flexibility index (Phi) is 2.94. The lowest BCUT2D eigenvalue weighted by atomic mass is 10.2. The van der Waals surface area contributed by atoms with Crippen LogP contribution in [0.25, 0.3) is 0 Å². The molecule has 2 aliphatic carbocycles. The summed E-state index contributed by atoms with van der Waals surface area (Å²) in [4.78, 5) is 14.6. The zero-order valence-electron chi connectivity index (χ0n) is 11.0. The summed E-state index contributed by atoms with van der Waals surface area (Å²) in [5, 5.41) is 0. The van der Waals surface area contributed by atoms with E-state index in [4.69, 9.17) is 0 Å². The molecule has 2 saturated carbocycles. The Hall–Kier alpha value is -1.58. The maximum Gasteiger partial charge on any atom is 0.0925 e. The van der Waals surface area contributed by atoms with Crippen molar-refractivity contribution in [2.45, 2.75) is 51.4 Å². The highest BCUT2D eigenvalue weighted by Crippen LogP contribution is 2.40. The van der Waals surface area contributed by atoms with Crippen molar-refractivity contribution >= 4 is 0 Å². The number of aryl methyl sites for hydroxylation is 2. The summed E-state index contributed by atoms with van der Waals surface area (Å²) in [6, 6.07) is 0. The van der Waals surface area contributed by atoms with Crippen LogP contribution < -0.4 is 0 Å². The largest absolute Gasteiger partial charge is 0.348 e. The van der Waals surface area contributed by atoms with E-state index in [1.165, 1.54) is 48.5 Å². The lowest BCUT2D eigenvalue weighted by Gasteiger charge is -1.89. The smallest absolute Gasteiger partial charge is 0.0925 e. The predicted octanol–water partition coefficient (Wildman–Crippen LogP) is 3.19. The Bertz CT molecular complexity index is 469. The standard InChI is InChI=1S/2C7H10N2/c2*1-5-7(6-2-3-6)9-4-8-5/h2*4,6H,2-3H2,1H3,(H,8,9). The quantitative estimate of drug-likeness (QED) is 0.852. The van der Waals surface area contributed by atoms with Crippen LogP contribution in [0.4, 0.5) is 0 Å². The van der Waals surface area contributed by atoms with Crippen molar-refractivity contribution in [1.82, 2.24) is 19.9 Å². The van der Waals surface area contributed by atoms with Gasteiger partial charge in [-0.15, -0.1) is 0 Å². The summed E-state index contributed by atoms with van der Waals surface area (Å²) in [6.45, 7) is 4.17. The van der Waals surface area contributed by atoms with Gasteiger partial charge >= 0.3 is 0 Å². The van der Waals surface area contributed by atoms with Crippen molar-refractivity contribution in [2.75, 3.05) is 0 Å². The molecule has 18 heavy (non-hydrogen) atoms. The van der Waals surface area contributed by atoms with Crippen LogP contribution in [0.3, 0.4) is 0 Å². The Labute approximate surface area is 107 Å². The van der Waals surface area contributed by atoms with Crippen LogP contribution in [0.15, 0.2) is 12.7 Å². The fourth-order valence-corrected chi connectivity index (χ4v) is 2.28. The summed E-state index contributed by atoms with van der Waals surface area (Å²) in [7, 11) is 0. The van der Waals surface area contributed by atoms with Crippen LogP contribution >= 0.6 is 0 Å².